The number of benzene rings is 2. The first-order valence-electron chi connectivity index (χ1n) is 10.9. The van der Waals surface area contributed by atoms with Gasteiger partial charge >= 0.3 is 11.9 Å². The van der Waals surface area contributed by atoms with E-state index >= 15 is 0 Å². The van der Waals surface area contributed by atoms with Gasteiger partial charge in [0.25, 0.3) is 0 Å². The number of ether oxygens (including phenoxy) is 2. The largest absolute Gasteiger partial charge is 0.469 e. The highest BCUT2D eigenvalue weighted by Gasteiger charge is 2.52. The van der Waals surface area contributed by atoms with Crippen molar-refractivity contribution >= 4 is 40.2 Å². The highest BCUT2D eigenvalue weighted by molar-refractivity contribution is 14.1. The van der Waals surface area contributed by atoms with Crippen LogP contribution in [-0.2, 0) is 20.7 Å². The Bertz CT molecular complexity index is 1070. The van der Waals surface area contributed by atoms with E-state index in [9.17, 15) is 9.59 Å². The Kier molecular flexibility index (Phi) is 7.52. The summed E-state index contributed by atoms with van der Waals surface area (Å²) in [5.41, 5.74) is 10.9. The number of nitrogens with zero attached hydrogens (tertiary/aromatic N) is 4. The Morgan fingerprint density at radius 1 is 1.21 bits per heavy atom. The molecule has 172 valence electrons. The van der Waals surface area contributed by atoms with Crippen LogP contribution in [0.3, 0.4) is 0 Å². The number of esters is 2. The first-order valence-corrected chi connectivity index (χ1v) is 12.0. The molecule has 0 saturated carbocycles. The third-order valence-electron chi connectivity index (χ3n) is 6.57. The fourth-order valence-corrected chi connectivity index (χ4v) is 5.74. The van der Waals surface area contributed by atoms with Crippen molar-refractivity contribution in [3.8, 4) is 0 Å². The van der Waals surface area contributed by atoms with Crippen LogP contribution >= 0.6 is 22.6 Å². The Balaban J connectivity index is 1.48. The number of carbonyl (C=O) groups excluding carboxylic acids is 2. The maximum atomic E-state index is 12.8. The van der Waals surface area contributed by atoms with Crippen molar-refractivity contribution in [2.45, 2.75) is 43.9 Å². The fraction of sp³-hybridized carbons (Fsp3) is 0.417. The molecule has 0 aromatic heterocycles. The van der Waals surface area contributed by atoms with Crippen molar-refractivity contribution in [1.29, 1.82) is 0 Å². The molecule has 0 radical (unpaired) electrons. The summed E-state index contributed by atoms with van der Waals surface area (Å²) in [6, 6.07) is 14.9. The van der Waals surface area contributed by atoms with Crippen molar-refractivity contribution in [3.05, 3.63) is 73.7 Å². The second-order valence-electron chi connectivity index (χ2n) is 8.36. The lowest BCUT2D eigenvalue weighted by molar-refractivity contribution is -0.156. The summed E-state index contributed by atoms with van der Waals surface area (Å²) in [6.45, 7) is 0.791. The van der Waals surface area contributed by atoms with Gasteiger partial charge in [0.2, 0.25) is 0 Å². The minimum atomic E-state index is -0.506. The molecule has 2 aromatic rings. The number of fused-ring (bicyclic) bond motifs is 2. The Hall–Kier alpha value is -2.62. The first-order chi connectivity index (χ1) is 16.0. The van der Waals surface area contributed by atoms with Crippen LogP contribution < -0.4 is 0 Å². The van der Waals surface area contributed by atoms with Crippen LogP contribution in [0.15, 0.2) is 53.6 Å². The van der Waals surface area contributed by atoms with Crippen molar-refractivity contribution < 1.29 is 19.1 Å². The van der Waals surface area contributed by atoms with E-state index in [1.807, 2.05) is 24.3 Å². The number of methoxy groups -OCH3 is 1. The number of hydrogen-bond donors (Lipinski definition) is 0. The van der Waals surface area contributed by atoms with Crippen molar-refractivity contribution in [2.75, 3.05) is 13.7 Å². The van der Waals surface area contributed by atoms with E-state index in [1.54, 1.807) is 24.3 Å². The van der Waals surface area contributed by atoms with Crippen LogP contribution in [0.2, 0.25) is 0 Å². The van der Waals surface area contributed by atoms with Gasteiger partial charge in [-0.05, 0) is 71.1 Å². The molecule has 33 heavy (non-hydrogen) atoms. The Morgan fingerprint density at radius 3 is 2.70 bits per heavy atom. The van der Waals surface area contributed by atoms with Gasteiger partial charge < -0.3 is 9.47 Å². The van der Waals surface area contributed by atoms with Gasteiger partial charge in [0.15, 0.2) is 0 Å². The standard InChI is InChI=1S/C24H25IN4O4/c1-32-24(31)22-20-10-8-17(14-21(22)33-23(30)16-5-3-2-4-6-16)29(20)12-11-15-7-9-19(27-28-26)18(25)13-15/h2-7,9,13,17,20-22H,8,10-12,14H2,1H3/t17-,20+,21-,22+/m0/s1/i25-2. The van der Waals surface area contributed by atoms with Crippen LogP contribution in [0, 0.1) is 9.49 Å². The smallest absolute Gasteiger partial charge is 0.338 e. The number of rotatable bonds is 7. The van der Waals surface area contributed by atoms with Gasteiger partial charge in [0.1, 0.15) is 12.0 Å². The molecule has 2 aliphatic rings. The maximum Gasteiger partial charge on any atom is 0.338 e. The van der Waals surface area contributed by atoms with Gasteiger partial charge in [0, 0.05) is 33.5 Å². The Labute approximate surface area is 206 Å². The molecule has 0 spiro atoms. The molecule has 2 bridgehead atoms. The molecular weight excluding hydrogens is 533 g/mol. The fourth-order valence-electron chi connectivity index (χ4n) is 5.06. The highest BCUT2D eigenvalue weighted by Crippen LogP contribution is 2.41. The number of hydrogen-bond acceptors (Lipinski definition) is 6. The summed E-state index contributed by atoms with van der Waals surface area (Å²) < 4.78 is 11.9. The van der Waals surface area contributed by atoms with Crippen LogP contribution in [0.1, 0.15) is 35.2 Å². The summed E-state index contributed by atoms with van der Waals surface area (Å²) >= 11 is 2.17. The minimum Gasteiger partial charge on any atom is -0.469 e. The Morgan fingerprint density at radius 2 is 2.00 bits per heavy atom. The molecule has 2 saturated heterocycles. The van der Waals surface area contributed by atoms with Crippen molar-refractivity contribution in [3.63, 3.8) is 0 Å². The number of piperidine rings is 1. The highest BCUT2D eigenvalue weighted by atomic mass is 125. The predicted octanol–water partition coefficient (Wildman–Crippen LogP) is 5.03. The van der Waals surface area contributed by atoms with Gasteiger partial charge in [-0.1, -0.05) is 35.4 Å². The van der Waals surface area contributed by atoms with E-state index in [2.05, 4.69) is 37.5 Å². The lowest BCUT2D eigenvalue weighted by Crippen LogP contribution is -2.55. The van der Waals surface area contributed by atoms with E-state index in [1.165, 1.54) is 7.11 Å². The van der Waals surface area contributed by atoms with E-state index in [-0.39, 0.29) is 18.1 Å². The predicted molar refractivity (Wildman–Crippen MR) is 131 cm³/mol. The van der Waals surface area contributed by atoms with Gasteiger partial charge in [-0.2, -0.15) is 0 Å². The lowest BCUT2D eigenvalue weighted by Gasteiger charge is -2.42. The molecule has 2 fully saturated rings. The SMILES string of the molecule is COC(=O)[C@H]1[C@@H](OC(=O)c2ccccc2)C[C@@H]2CC[C@H]1N2CCc1ccc(N=[N+]=[N-])c([125I])c1. The van der Waals surface area contributed by atoms with Gasteiger partial charge in [-0.15, -0.1) is 0 Å². The second kappa shape index (κ2) is 10.5. The summed E-state index contributed by atoms with van der Waals surface area (Å²) in [5, 5.41) is 3.69. The van der Waals surface area contributed by atoms with Crippen molar-refractivity contribution in [2.24, 2.45) is 11.0 Å². The summed E-state index contributed by atoms with van der Waals surface area (Å²) in [7, 11) is 1.39. The first kappa shape index (κ1) is 23.5. The van der Waals surface area contributed by atoms with Gasteiger partial charge in [-0.25, -0.2) is 4.79 Å². The molecule has 9 heteroatoms. The lowest BCUT2D eigenvalue weighted by atomic mass is 9.86. The van der Waals surface area contributed by atoms with E-state index in [0.717, 1.165) is 34.9 Å². The third kappa shape index (κ3) is 5.15. The number of azide groups is 1. The van der Waals surface area contributed by atoms with E-state index in [0.29, 0.717) is 17.7 Å². The van der Waals surface area contributed by atoms with E-state index in [4.69, 9.17) is 15.0 Å². The monoisotopic (exact) mass is 558 g/mol. The maximum absolute atomic E-state index is 12.8. The minimum absolute atomic E-state index is 0.0219. The topological polar surface area (TPSA) is 105 Å². The van der Waals surface area contributed by atoms with Crippen LogP contribution in [0.4, 0.5) is 5.69 Å². The molecule has 0 aliphatic carbocycles. The van der Waals surface area contributed by atoms with Gasteiger partial charge in [0.05, 0.1) is 18.4 Å². The summed E-state index contributed by atoms with van der Waals surface area (Å²) in [4.78, 5) is 30.7. The van der Waals surface area contributed by atoms with E-state index < -0.39 is 18.0 Å². The second-order valence-corrected chi connectivity index (χ2v) is 9.52. The zero-order chi connectivity index (χ0) is 23.4. The molecule has 0 N–H and O–H groups in total. The molecule has 4 atom stereocenters. The zero-order valence-electron chi connectivity index (χ0n) is 18.3. The molecule has 0 unspecified atom stereocenters. The molecular formula is C24H25IN4O4. The molecule has 2 heterocycles. The quantitative estimate of drug-likeness (QED) is 0.156. The molecule has 2 aromatic carbocycles. The van der Waals surface area contributed by atoms with Crippen LogP contribution in [-0.4, -0.2) is 48.7 Å². The molecule has 2 aliphatic heterocycles. The third-order valence-corrected chi connectivity index (χ3v) is 7.44. The zero-order valence-corrected chi connectivity index (χ0v) is 20.4. The average molecular weight is 558 g/mol. The molecule has 8 nitrogen and oxygen atoms in total. The molecule has 4 rings (SSSR count). The summed E-state index contributed by atoms with van der Waals surface area (Å²) in [5.74, 6) is -1.24. The van der Waals surface area contributed by atoms with Crippen molar-refractivity contribution in [1.82, 2.24) is 4.90 Å². The van der Waals surface area contributed by atoms with Gasteiger partial charge in [-0.3, -0.25) is 9.69 Å². The van der Waals surface area contributed by atoms with Crippen LogP contribution in [0.25, 0.3) is 10.4 Å². The van der Waals surface area contributed by atoms with Crippen LogP contribution in [0.5, 0.6) is 0 Å². The normalized spacial score (nSPS) is 24.1. The number of halogens is 1. The molecule has 0 amide bonds. The average Bonchev–Trinajstić information content (AvgIpc) is 3.11. The number of carbonyl (C=O) groups is 2. The summed E-state index contributed by atoms with van der Waals surface area (Å²) in [6.07, 6.45) is 2.76.